The molecule has 25 heavy (non-hydrogen) atoms. The molecule has 2 aromatic carbocycles. The zero-order chi connectivity index (χ0) is 17.4. The van der Waals surface area contributed by atoms with E-state index in [4.69, 9.17) is 9.05 Å². The number of carbonyl (C=O) groups is 1. The van der Waals surface area contributed by atoms with Gasteiger partial charge in [-0.05, 0) is 35.4 Å². The average Bonchev–Trinajstić information content (AvgIpc) is 3.21. The second-order valence-corrected chi connectivity index (χ2v) is 6.39. The summed E-state index contributed by atoms with van der Waals surface area (Å²) in [5.74, 6) is 0.0842. The van der Waals surface area contributed by atoms with E-state index >= 15 is 0 Å². The molecule has 124 valence electrons. The van der Waals surface area contributed by atoms with Gasteiger partial charge in [0.25, 0.3) is 5.91 Å². The Hall–Kier alpha value is -2.93. The van der Waals surface area contributed by atoms with Crippen LogP contribution in [0, 0.1) is 6.92 Å². The van der Waals surface area contributed by atoms with Crippen molar-refractivity contribution >= 4 is 38.6 Å². The lowest BCUT2D eigenvalue weighted by molar-refractivity contribution is 0.0997. The number of halogens is 1. The van der Waals surface area contributed by atoms with Crippen LogP contribution in [0.2, 0.25) is 0 Å². The van der Waals surface area contributed by atoms with Crippen LogP contribution in [0.4, 0.5) is 5.82 Å². The van der Waals surface area contributed by atoms with E-state index < -0.39 is 5.91 Å². The number of amides is 1. The van der Waals surface area contributed by atoms with Gasteiger partial charge in [-0.2, -0.15) is 0 Å². The summed E-state index contributed by atoms with van der Waals surface area (Å²) in [4.78, 5) is 12.6. The van der Waals surface area contributed by atoms with E-state index in [1.807, 2.05) is 55.5 Å². The van der Waals surface area contributed by atoms with E-state index in [2.05, 4.69) is 31.6 Å². The van der Waals surface area contributed by atoms with Gasteiger partial charge in [0.05, 0.1) is 0 Å². The number of furan rings is 1. The van der Waals surface area contributed by atoms with Gasteiger partial charge in [0.2, 0.25) is 5.82 Å². The number of fused-ring (bicyclic) bond motifs is 1. The molecule has 0 saturated carbocycles. The highest BCUT2D eigenvalue weighted by Gasteiger charge is 2.21. The van der Waals surface area contributed by atoms with Crippen molar-refractivity contribution in [3.8, 4) is 11.3 Å². The molecule has 0 aliphatic carbocycles. The van der Waals surface area contributed by atoms with Gasteiger partial charge < -0.3 is 4.42 Å². The van der Waals surface area contributed by atoms with Crippen LogP contribution >= 0.6 is 15.9 Å². The first kappa shape index (κ1) is 15.6. The van der Waals surface area contributed by atoms with E-state index in [9.17, 15) is 4.79 Å². The van der Waals surface area contributed by atoms with Crippen LogP contribution in [0.15, 0.2) is 62.0 Å². The van der Waals surface area contributed by atoms with Crippen LogP contribution in [0.1, 0.15) is 16.1 Å². The number of nitrogens with zero attached hydrogens (tertiary/aromatic N) is 2. The second-order valence-electron chi connectivity index (χ2n) is 5.47. The van der Waals surface area contributed by atoms with Crippen LogP contribution in [0.5, 0.6) is 0 Å². The lowest BCUT2D eigenvalue weighted by Crippen LogP contribution is -2.13. The third-order valence-electron chi connectivity index (χ3n) is 3.89. The number of hydrogen-bond acceptors (Lipinski definition) is 5. The van der Waals surface area contributed by atoms with Crippen molar-refractivity contribution < 1.29 is 13.8 Å². The maximum absolute atomic E-state index is 12.6. The number of hydrogen-bond donors (Lipinski definition) is 1. The lowest BCUT2D eigenvalue weighted by atomic mass is 10.1. The predicted molar refractivity (Wildman–Crippen MR) is 96.3 cm³/mol. The molecule has 1 N–H and O–H groups in total. The molecule has 0 fully saturated rings. The monoisotopic (exact) mass is 397 g/mol. The Bertz CT molecular complexity index is 1070. The smallest absolute Gasteiger partial charge is 0.292 e. The van der Waals surface area contributed by atoms with Crippen molar-refractivity contribution in [1.29, 1.82) is 0 Å². The summed E-state index contributed by atoms with van der Waals surface area (Å²) >= 11 is 3.38. The minimum Gasteiger partial charge on any atom is -0.451 e. The van der Waals surface area contributed by atoms with Gasteiger partial charge in [-0.15, -0.1) is 0 Å². The summed E-state index contributed by atoms with van der Waals surface area (Å²) in [6.07, 6.45) is 0. The molecule has 4 rings (SSSR count). The molecule has 0 radical (unpaired) electrons. The molecule has 6 nitrogen and oxygen atoms in total. The summed E-state index contributed by atoms with van der Waals surface area (Å²) in [6, 6.07) is 15.0. The SMILES string of the molecule is Cc1c(C(=O)Nc2nonc2-c2ccc(Br)cc2)oc2ccccc12. The quantitative estimate of drug-likeness (QED) is 0.536. The highest BCUT2D eigenvalue weighted by molar-refractivity contribution is 9.10. The Labute approximate surface area is 150 Å². The summed E-state index contributed by atoms with van der Waals surface area (Å²) in [5, 5.41) is 11.3. The molecular formula is C18H12BrN3O3. The normalized spacial score (nSPS) is 11.0. The number of aryl methyl sites for hydroxylation is 1. The predicted octanol–water partition coefficient (Wildman–Crippen LogP) is 4.81. The Morgan fingerprint density at radius 2 is 1.84 bits per heavy atom. The second kappa shape index (κ2) is 6.18. The Balaban J connectivity index is 1.66. The van der Waals surface area contributed by atoms with Crippen molar-refractivity contribution in [2.24, 2.45) is 0 Å². The molecule has 2 aromatic heterocycles. The zero-order valence-corrected chi connectivity index (χ0v) is 14.7. The average molecular weight is 398 g/mol. The van der Waals surface area contributed by atoms with Gasteiger partial charge in [0.15, 0.2) is 11.5 Å². The molecule has 0 spiro atoms. The van der Waals surface area contributed by atoms with Crippen LogP contribution in [0.25, 0.3) is 22.2 Å². The maximum Gasteiger partial charge on any atom is 0.292 e. The van der Waals surface area contributed by atoms with Gasteiger partial charge in [-0.25, -0.2) is 4.63 Å². The number of aromatic nitrogens is 2. The van der Waals surface area contributed by atoms with E-state index in [1.54, 1.807) is 0 Å². The van der Waals surface area contributed by atoms with Gasteiger partial charge in [0, 0.05) is 21.0 Å². The highest BCUT2D eigenvalue weighted by atomic mass is 79.9. The van der Waals surface area contributed by atoms with Crippen molar-refractivity contribution in [1.82, 2.24) is 10.3 Å². The van der Waals surface area contributed by atoms with Crippen molar-refractivity contribution in [2.45, 2.75) is 6.92 Å². The summed E-state index contributed by atoms with van der Waals surface area (Å²) in [7, 11) is 0. The van der Waals surface area contributed by atoms with Gasteiger partial charge >= 0.3 is 0 Å². The van der Waals surface area contributed by atoms with Crippen LogP contribution in [0.3, 0.4) is 0 Å². The first-order valence-electron chi connectivity index (χ1n) is 7.51. The van der Waals surface area contributed by atoms with Crippen molar-refractivity contribution in [2.75, 3.05) is 5.32 Å². The Kier molecular flexibility index (Phi) is 3.85. The number of carbonyl (C=O) groups excluding carboxylic acids is 1. The van der Waals surface area contributed by atoms with Crippen LogP contribution < -0.4 is 5.32 Å². The van der Waals surface area contributed by atoms with E-state index in [1.165, 1.54) is 0 Å². The van der Waals surface area contributed by atoms with E-state index in [0.717, 1.165) is 21.0 Å². The number of nitrogens with one attached hydrogen (secondary N) is 1. The molecule has 1 amide bonds. The number of anilines is 1. The minimum absolute atomic E-state index is 0.242. The van der Waals surface area contributed by atoms with Gasteiger partial charge in [-0.3, -0.25) is 10.1 Å². The first-order valence-corrected chi connectivity index (χ1v) is 8.31. The third-order valence-corrected chi connectivity index (χ3v) is 4.42. The standard InChI is InChI=1S/C18H12BrN3O3/c1-10-13-4-2-3-5-14(13)24-16(10)18(23)20-17-15(21-25-22-17)11-6-8-12(19)9-7-11/h2-9H,1H3,(H,20,22,23). The van der Waals surface area contributed by atoms with Crippen LogP contribution in [-0.2, 0) is 0 Å². The van der Waals surface area contributed by atoms with Crippen LogP contribution in [-0.4, -0.2) is 16.2 Å². The molecular weight excluding hydrogens is 386 g/mol. The molecule has 0 aliphatic rings. The Morgan fingerprint density at radius 1 is 1.08 bits per heavy atom. The number of para-hydroxylation sites is 1. The Morgan fingerprint density at radius 3 is 2.60 bits per heavy atom. The fraction of sp³-hybridized carbons (Fsp3) is 0.0556. The third kappa shape index (κ3) is 2.83. The lowest BCUT2D eigenvalue weighted by Gasteiger charge is -2.02. The van der Waals surface area contributed by atoms with Crippen molar-refractivity contribution in [3.05, 3.63) is 64.3 Å². The topological polar surface area (TPSA) is 81.2 Å². The fourth-order valence-corrected chi connectivity index (χ4v) is 2.89. The van der Waals surface area contributed by atoms with E-state index in [0.29, 0.717) is 11.3 Å². The van der Waals surface area contributed by atoms with Gasteiger partial charge in [0.1, 0.15) is 5.58 Å². The van der Waals surface area contributed by atoms with E-state index in [-0.39, 0.29) is 11.6 Å². The molecule has 0 aliphatic heterocycles. The number of benzene rings is 2. The first-order chi connectivity index (χ1) is 12.1. The fourth-order valence-electron chi connectivity index (χ4n) is 2.62. The maximum atomic E-state index is 12.6. The molecule has 2 heterocycles. The minimum atomic E-state index is -0.400. The molecule has 7 heteroatoms. The van der Waals surface area contributed by atoms with Crippen molar-refractivity contribution in [3.63, 3.8) is 0 Å². The number of rotatable bonds is 3. The largest absolute Gasteiger partial charge is 0.451 e. The summed E-state index contributed by atoms with van der Waals surface area (Å²) < 4.78 is 11.4. The molecule has 4 aromatic rings. The molecule has 0 unspecified atom stereocenters. The highest BCUT2D eigenvalue weighted by Crippen LogP contribution is 2.28. The summed E-state index contributed by atoms with van der Waals surface area (Å²) in [6.45, 7) is 1.84. The van der Waals surface area contributed by atoms with Gasteiger partial charge in [-0.1, -0.05) is 46.3 Å². The summed E-state index contributed by atoms with van der Waals surface area (Å²) in [5.41, 5.74) is 2.67. The molecule has 0 atom stereocenters. The molecule has 0 bridgehead atoms. The molecule has 0 saturated heterocycles. The zero-order valence-electron chi connectivity index (χ0n) is 13.1.